The minimum atomic E-state index is -3.64. The number of benzene rings is 2. The van der Waals surface area contributed by atoms with Gasteiger partial charge in [-0.05, 0) is 42.3 Å². The first kappa shape index (κ1) is 16.8. The number of nitrogens with one attached hydrogen (secondary N) is 2. The van der Waals surface area contributed by atoms with Gasteiger partial charge in [-0.3, -0.25) is 9.52 Å². The van der Waals surface area contributed by atoms with Crippen LogP contribution < -0.4 is 10.0 Å². The van der Waals surface area contributed by atoms with Crippen molar-refractivity contribution in [3.05, 3.63) is 65.7 Å². The van der Waals surface area contributed by atoms with Crippen molar-refractivity contribution >= 4 is 27.7 Å². The topological polar surface area (TPSA) is 75.3 Å². The maximum absolute atomic E-state index is 12.4. The third-order valence-corrected chi connectivity index (χ3v) is 4.63. The third-order valence-electron chi connectivity index (χ3n) is 3.25. The van der Waals surface area contributed by atoms with Gasteiger partial charge in [-0.1, -0.05) is 30.3 Å². The van der Waals surface area contributed by atoms with Gasteiger partial charge in [0.15, 0.2) is 0 Å². The number of anilines is 1. The monoisotopic (exact) mass is 330 g/mol. The van der Waals surface area contributed by atoms with Gasteiger partial charge in [-0.25, -0.2) is 8.42 Å². The molecule has 0 bridgehead atoms. The number of hydrogen-bond donors (Lipinski definition) is 2. The normalized spacial score (nSPS) is 11.4. The molecule has 2 rings (SSSR count). The van der Waals surface area contributed by atoms with E-state index in [-0.39, 0.29) is 10.8 Å². The minimum Gasteiger partial charge on any atom is -0.356 e. The molecule has 5 nitrogen and oxygen atoms in total. The number of likely N-dealkylation sites (N-methyl/N-ethyl adjacent to an activating group) is 1. The molecule has 0 aliphatic rings. The number of para-hydroxylation sites is 1. The molecule has 2 aromatic carbocycles. The first-order valence-corrected chi connectivity index (χ1v) is 8.49. The Hall–Kier alpha value is -2.60. The summed E-state index contributed by atoms with van der Waals surface area (Å²) in [5, 5.41) is 2.47. The molecule has 0 saturated carbocycles. The van der Waals surface area contributed by atoms with E-state index in [1.165, 1.54) is 18.2 Å². The van der Waals surface area contributed by atoms with E-state index in [4.69, 9.17) is 0 Å². The summed E-state index contributed by atoms with van der Waals surface area (Å²) >= 11 is 0. The van der Waals surface area contributed by atoms with Crippen molar-refractivity contribution in [1.82, 2.24) is 5.32 Å². The molecule has 2 N–H and O–H groups in total. The fourth-order valence-electron chi connectivity index (χ4n) is 1.90. The highest BCUT2D eigenvalue weighted by atomic mass is 32.2. The minimum absolute atomic E-state index is 0.165. The van der Waals surface area contributed by atoms with Crippen molar-refractivity contribution < 1.29 is 13.2 Å². The highest BCUT2D eigenvalue weighted by molar-refractivity contribution is 7.92. The standard InChI is InChI=1S/C17H18N2O3S/c1-13-5-3-4-6-16(13)19-23(21,22)15-10-7-14(8-11-15)9-12-17(20)18-2/h3-12,19H,1-2H3,(H,18,20)/b12-9+. The van der Waals surface area contributed by atoms with Crippen molar-refractivity contribution in [1.29, 1.82) is 0 Å². The van der Waals surface area contributed by atoms with Crippen LogP contribution in [0.4, 0.5) is 5.69 Å². The Balaban J connectivity index is 2.19. The maximum atomic E-state index is 12.4. The lowest BCUT2D eigenvalue weighted by Crippen LogP contribution is -2.14. The van der Waals surface area contributed by atoms with Crippen molar-refractivity contribution in [3.8, 4) is 0 Å². The van der Waals surface area contributed by atoms with E-state index < -0.39 is 10.0 Å². The molecule has 1 amide bonds. The van der Waals surface area contributed by atoms with Crippen LogP contribution in [0.1, 0.15) is 11.1 Å². The number of carbonyl (C=O) groups is 1. The average molecular weight is 330 g/mol. The molecule has 0 saturated heterocycles. The quantitative estimate of drug-likeness (QED) is 0.827. The molecule has 0 aliphatic heterocycles. The summed E-state index contributed by atoms with van der Waals surface area (Å²) in [4.78, 5) is 11.3. The van der Waals surface area contributed by atoms with Crippen LogP contribution in [-0.4, -0.2) is 21.4 Å². The molecule has 0 unspecified atom stereocenters. The summed E-state index contributed by atoms with van der Waals surface area (Å²) in [7, 11) is -2.10. The van der Waals surface area contributed by atoms with Crippen LogP contribution >= 0.6 is 0 Å². The second kappa shape index (κ2) is 7.11. The van der Waals surface area contributed by atoms with Crippen LogP contribution in [-0.2, 0) is 14.8 Å². The van der Waals surface area contributed by atoms with Crippen molar-refractivity contribution in [2.75, 3.05) is 11.8 Å². The zero-order valence-corrected chi connectivity index (χ0v) is 13.7. The van der Waals surface area contributed by atoms with E-state index in [2.05, 4.69) is 10.0 Å². The molecule has 120 valence electrons. The zero-order chi connectivity index (χ0) is 16.9. The number of aryl methyl sites for hydroxylation is 1. The second-order valence-electron chi connectivity index (χ2n) is 4.94. The largest absolute Gasteiger partial charge is 0.356 e. The fourth-order valence-corrected chi connectivity index (χ4v) is 3.04. The van der Waals surface area contributed by atoms with Crippen LogP contribution in [0, 0.1) is 6.92 Å². The molecule has 0 radical (unpaired) electrons. The lowest BCUT2D eigenvalue weighted by molar-refractivity contribution is -0.115. The summed E-state index contributed by atoms with van der Waals surface area (Å²) in [5.41, 5.74) is 2.14. The number of amides is 1. The van der Waals surface area contributed by atoms with Crippen molar-refractivity contribution in [2.24, 2.45) is 0 Å². The molecule has 6 heteroatoms. The Morgan fingerprint density at radius 2 is 1.70 bits per heavy atom. The maximum Gasteiger partial charge on any atom is 0.261 e. The zero-order valence-electron chi connectivity index (χ0n) is 12.9. The van der Waals surface area contributed by atoms with Gasteiger partial charge in [-0.2, -0.15) is 0 Å². The SMILES string of the molecule is CNC(=O)/C=C/c1ccc(S(=O)(=O)Nc2ccccc2C)cc1. The van der Waals surface area contributed by atoms with E-state index in [0.717, 1.165) is 11.1 Å². The van der Waals surface area contributed by atoms with E-state index in [1.54, 1.807) is 37.4 Å². The van der Waals surface area contributed by atoms with Crippen LogP contribution in [0.5, 0.6) is 0 Å². The van der Waals surface area contributed by atoms with Crippen LogP contribution in [0.3, 0.4) is 0 Å². The lowest BCUT2D eigenvalue weighted by atomic mass is 10.2. The summed E-state index contributed by atoms with van der Waals surface area (Å²) in [5.74, 6) is -0.220. The molecule has 23 heavy (non-hydrogen) atoms. The van der Waals surface area contributed by atoms with E-state index in [9.17, 15) is 13.2 Å². The lowest BCUT2D eigenvalue weighted by Gasteiger charge is -2.10. The number of sulfonamides is 1. The molecular formula is C17H18N2O3S. The Bertz CT molecular complexity index is 825. The van der Waals surface area contributed by atoms with E-state index >= 15 is 0 Å². The highest BCUT2D eigenvalue weighted by Crippen LogP contribution is 2.19. The predicted molar refractivity (Wildman–Crippen MR) is 91.5 cm³/mol. The van der Waals surface area contributed by atoms with E-state index in [1.807, 2.05) is 19.1 Å². The molecular weight excluding hydrogens is 312 g/mol. The Kier molecular flexibility index (Phi) is 5.18. The highest BCUT2D eigenvalue weighted by Gasteiger charge is 2.14. The van der Waals surface area contributed by atoms with Gasteiger partial charge in [0.05, 0.1) is 10.6 Å². The Morgan fingerprint density at radius 1 is 1.04 bits per heavy atom. The summed E-state index contributed by atoms with van der Waals surface area (Å²) in [6.07, 6.45) is 3.00. The Labute approximate surface area is 136 Å². The first-order chi connectivity index (χ1) is 10.9. The van der Waals surface area contributed by atoms with E-state index in [0.29, 0.717) is 5.69 Å². The van der Waals surface area contributed by atoms with Crippen LogP contribution in [0.2, 0.25) is 0 Å². The molecule has 0 spiro atoms. The van der Waals surface area contributed by atoms with Crippen LogP contribution in [0.15, 0.2) is 59.5 Å². The predicted octanol–water partition coefficient (Wildman–Crippen LogP) is 2.56. The van der Waals surface area contributed by atoms with Crippen molar-refractivity contribution in [2.45, 2.75) is 11.8 Å². The van der Waals surface area contributed by atoms with Gasteiger partial charge in [-0.15, -0.1) is 0 Å². The van der Waals surface area contributed by atoms with Crippen molar-refractivity contribution in [3.63, 3.8) is 0 Å². The summed E-state index contributed by atoms with van der Waals surface area (Å²) in [6, 6.07) is 13.5. The fraction of sp³-hybridized carbons (Fsp3) is 0.118. The van der Waals surface area contributed by atoms with Gasteiger partial charge in [0.2, 0.25) is 5.91 Å². The van der Waals surface area contributed by atoms with Gasteiger partial charge >= 0.3 is 0 Å². The Morgan fingerprint density at radius 3 is 2.30 bits per heavy atom. The van der Waals surface area contributed by atoms with Gasteiger partial charge in [0.1, 0.15) is 0 Å². The number of rotatable bonds is 5. The first-order valence-electron chi connectivity index (χ1n) is 7.01. The molecule has 0 fully saturated rings. The molecule has 2 aromatic rings. The number of hydrogen-bond acceptors (Lipinski definition) is 3. The van der Waals surface area contributed by atoms with Gasteiger partial charge in [0, 0.05) is 13.1 Å². The third kappa shape index (κ3) is 4.43. The average Bonchev–Trinajstić information content (AvgIpc) is 2.55. The second-order valence-corrected chi connectivity index (χ2v) is 6.62. The van der Waals surface area contributed by atoms with Crippen LogP contribution in [0.25, 0.3) is 6.08 Å². The van der Waals surface area contributed by atoms with Gasteiger partial charge in [0.25, 0.3) is 10.0 Å². The molecule has 0 aliphatic carbocycles. The smallest absolute Gasteiger partial charge is 0.261 e. The summed E-state index contributed by atoms with van der Waals surface area (Å²) < 4.78 is 27.3. The number of carbonyl (C=O) groups excluding carboxylic acids is 1. The summed E-state index contributed by atoms with van der Waals surface area (Å²) in [6.45, 7) is 1.84. The molecule has 0 heterocycles. The molecule has 0 aromatic heterocycles. The molecule has 0 atom stereocenters. The van der Waals surface area contributed by atoms with Gasteiger partial charge < -0.3 is 5.32 Å².